The molecule has 10 nitrogen and oxygen atoms in total. The fourth-order valence-electron chi connectivity index (χ4n) is 2.80. The predicted octanol–water partition coefficient (Wildman–Crippen LogP) is -2.19. The van der Waals surface area contributed by atoms with Crippen LogP contribution in [0.1, 0.15) is 13.8 Å². The standard InChI is InChI=1S/C15H29N5O5S/c1-12(2)14(16)15(22)17-11-13(21)18-3-5-19(6-4-18)26(23,24)20-7-9-25-10-8-20/h12,14H,3-11,16H2,1-2H3,(H,17,22)/t14-/m0/s1. The van der Waals surface area contributed by atoms with Crippen molar-refractivity contribution in [3.63, 3.8) is 0 Å². The van der Waals surface area contributed by atoms with Crippen LogP contribution in [-0.2, 0) is 24.5 Å². The molecule has 2 saturated heterocycles. The molecule has 11 heteroatoms. The summed E-state index contributed by atoms with van der Waals surface area (Å²) in [6.45, 7) is 6.12. The summed E-state index contributed by atoms with van der Waals surface area (Å²) in [5.41, 5.74) is 5.74. The third-order valence-electron chi connectivity index (χ3n) is 4.65. The molecular formula is C15H29N5O5S. The second-order valence-corrected chi connectivity index (χ2v) is 8.72. The Bertz CT molecular complexity index is 598. The smallest absolute Gasteiger partial charge is 0.282 e. The fraction of sp³-hybridized carbons (Fsp3) is 0.867. The number of amides is 2. The van der Waals surface area contributed by atoms with Crippen LogP contribution < -0.4 is 11.1 Å². The average Bonchev–Trinajstić information content (AvgIpc) is 2.65. The summed E-state index contributed by atoms with van der Waals surface area (Å²) in [6.07, 6.45) is 0. The lowest BCUT2D eigenvalue weighted by Gasteiger charge is -2.37. The zero-order chi connectivity index (χ0) is 19.3. The molecule has 0 bridgehead atoms. The van der Waals surface area contributed by atoms with Crippen molar-refractivity contribution in [2.45, 2.75) is 19.9 Å². The van der Waals surface area contributed by atoms with Crippen molar-refractivity contribution in [3.05, 3.63) is 0 Å². The van der Waals surface area contributed by atoms with Gasteiger partial charge in [-0.1, -0.05) is 13.8 Å². The molecule has 0 aromatic carbocycles. The lowest BCUT2D eigenvalue weighted by molar-refractivity contribution is -0.134. The minimum Gasteiger partial charge on any atom is -0.379 e. The third kappa shape index (κ3) is 5.13. The number of rotatable bonds is 6. The van der Waals surface area contributed by atoms with Gasteiger partial charge in [-0.3, -0.25) is 9.59 Å². The van der Waals surface area contributed by atoms with Crippen LogP contribution in [0.2, 0.25) is 0 Å². The molecule has 26 heavy (non-hydrogen) atoms. The molecule has 0 spiro atoms. The van der Waals surface area contributed by atoms with Crippen LogP contribution in [0.25, 0.3) is 0 Å². The van der Waals surface area contributed by atoms with Gasteiger partial charge in [0.25, 0.3) is 10.2 Å². The number of hydrogen-bond acceptors (Lipinski definition) is 6. The second-order valence-electron chi connectivity index (χ2n) is 6.79. The number of nitrogens with one attached hydrogen (secondary N) is 1. The number of nitrogens with two attached hydrogens (primary N) is 1. The van der Waals surface area contributed by atoms with Crippen molar-refractivity contribution in [1.29, 1.82) is 0 Å². The van der Waals surface area contributed by atoms with Crippen LogP contribution in [0.15, 0.2) is 0 Å². The van der Waals surface area contributed by atoms with E-state index in [1.54, 1.807) is 4.90 Å². The van der Waals surface area contributed by atoms with Gasteiger partial charge in [0.1, 0.15) is 0 Å². The van der Waals surface area contributed by atoms with Gasteiger partial charge < -0.3 is 20.7 Å². The Morgan fingerprint density at radius 3 is 2.12 bits per heavy atom. The van der Waals surface area contributed by atoms with E-state index in [4.69, 9.17) is 10.5 Å². The molecule has 2 heterocycles. The van der Waals surface area contributed by atoms with E-state index in [9.17, 15) is 18.0 Å². The number of piperazine rings is 1. The van der Waals surface area contributed by atoms with E-state index in [1.165, 1.54) is 8.61 Å². The van der Waals surface area contributed by atoms with E-state index in [2.05, 4.69) is 5.32 Å². The summed E-state index contributed by atoms with van der Waals surface area (Å²) in [5, 5.41) is 2.54. The van der Waals surface area contributed by atoms with Gasteiger partial charge in [0.2, 0.25) is 11.8 Å². The highest BCUT2D eigenvalue weighted by molar-refractivity contribution is 7.86. The normalized spacial score (nSPS) is 21.6. The Labute approximate surface area is 154 Å². The van der Waals surface area contributed by atoms with Crippen LogP contribution in [0.3, 0.4) is 0 Å². The van der Waals surface area contributed by atoms with Crippen molar-refractivity contribution in [3.8, 4) is 0 Å². The van der Waals surface area contributed by atoms with Crippen molar-refractivity contribution < 1.29 is 22.7 Å². The highest BCUT2D eigenvalue weighted by Gasteiger charge is 2.34. The summed E-state index contributed by atoms with van der Waals surface area (Å²) in [5.74, 6) is -0.612. The summed E-state index contributed by atoms with van der Waals surface area (Å²) in [4.78, 5) is 25.6. The number of carbonyl (C=O) groups is 2. The predicted molar refractivity (Wildman–Crippen MR) is 95.3 cm³/mol. The summed E-state index contributed by atoms with van der Waals surface area (Å²) in [6, 6.07) is -0.654. The van der Waals surface area contributed by atoms with Crippen LogP contribution in [0, 0.1) is 5.92 Å². The summed E-state index contributed by atoms with van der Waals surface area (Å²) < 4.78 is 33.2. The quantitative estimate of drug-likeness (QED) is 0.530. The van der Waals surface area contributed by atoms with E-state index in [1.807, 2.05) is 13.8 Å². The number of ether oxygens (including phenoxy) is 1. The van der Waals surface area contributed by atoms with Gasteiger partial charge in [-0.25, -0.2) is 0 Å². The fourth-order valence-corrected chi connectivity index (χ4v) is 4.37. The number of morpholine rings is 1. The Balaban J connectivity index is 1.80. The van der Waals surface area contributed by atoms with Crippen LogP contribution in [-0.4, -0.2) is 98.8 Å². The monoisotopic (exact) mass is 391 g/mol. The van der Waals surface area contributed by atoms with Crippen molar-refractivity contribution >= 4 is 22.0 Å². The minimum absolute atomic E-state index is 0.0148. The maximum Gasteiger partial charge on any atom is 0.282 e. The molecule has 2 rings (SSSR count). The van der Waals surface area contributed by atoms with Gasteiger partial charge in [-0.15, -0.1) is 0 Å². The second kappa shape index (κ2) is 9.09. The van der Waals surface area contributed by atoms with Gasteiger partial charge in [-0.2, -0.15) is 17.0 Å². The molecule has 0 aromatic heterocycles. The van der Waals surface area contributed by atoms with Gasteiger partial charge >= 0.3 is 0 Å². The molecule has 3 N–H and O–H groups in total. The topological polar surface area (TPSA) is 125 Å². The van der Waals surface area contributed by atoms with E-state index in [0.717, 1.165) is 0 Å². The lowest BCUT2D eigenvalue weighted by atomic mass is 10.1. The van der Waals surface area contributed by atoms with E-state index in [0.29, 0.717) is 39.4 Å². The van der Waals surface area contributed by atoms with Gasteiger partial charge in [0, 0.05) is 39.3 Å². The van der Waals surface area contributed by atoms with Gasteiger partial charge in [0.05, 0.1) is 25.8 Å². The highest BCUT2D eigenvalue weighted by Crippen LogP contribution is 2.14. The maximum atomic E-state index is 12.6. The Hall–Kier alpha value is -1.27. The average molecular weight is 391 g/mol. The molecule has 0 saturated carbocycles. The minimum atomic E-state index is -3.52. The van der Waals surface area contributed by atoms with Gasteiger partial charge in [-0.05, 0) is 5.92 Å². The number of nitrogens with zero attached hydrogens (tertiary/aromatic N) is 3. The first kappa shape index (κ1) is 21.0. The highest BCUT2D eigenvalue weighted by atomic mass is 32.2. The molecule has 0 unspecified atom stereocenters. The number of carbonyl (C=O) groups excluding carboxylic acids is 2. The Morgan fingerprint density at radius 2 is 1.58 bits per heavy atom. The van der Waals surface area contributed by atoms with E-state index >= 15 is 0 Å². The number of hydrogen-bond donors (Lipinski definition) is 2. The van der Waals surface area contributed by atoms with Crippen molar-refractivity contribution in [1.82, 2.24) is 18.8 Å². The molecular weight excluding hydrogens is 362 g/mol. The molecule has 2 fully saturated rings. The molecule has 2 aliphatic heterocycles. The van der Waals surface area contributed by atoms with Crippen LogP contribution in [0.5, 0.6) is 0 Å². The first-order valence-corrected chi connectivity index (χ1v) is 10.3. The zero-order valence-corrected chi connectivity index (χ0v) is 16.2. The van der Waals surface area contributed by atoms with E-state index in [-0.39, 0.29) is 37.4 Å². The largest absolute Gasteiger partial charge is 0.379 e. The lowest BCUT2D eigenvalue weighted by Crippen LogP contribution is -2.57. The summed E-state index contributed by atoms with van der Waals surface area (Å²) in [7, 11) is -3.52. The molecule has 0 radical (unpaired) electrons. The Morgan fingerprint density at radius 1 is 1.04 bits per heavy atom. The van der Waals surface area contributed by atoms with Gasteiger partial charge in [0.15, 0.2) is 0 Å². The van der Waals surface area contributed by atoms with E-state index < -0.39 is 16.3 Å². The Kier molecular flexibility index (Phi) is 7.35. The molecule has 150 valence electrons. The first-order chi connectivity index (χ1) is 12.2. The SMILES string of the molecule is CC(C)[C@H](N)C(=O)NCC(=O)N1CCN(S(=O)(=O)N2CCOCC2)CC1. The molecule has 1 atom stereocenters. The van der Waals surface area contributed by atoms with Crippen molar-refractivity contribution in [2.75, 3.05) is 59.0 Å². The molecule has 2 amide bonds. The zero-order valence-electron chi connectivity index (χ0n) is 15.4. The first-order valence-electron chi connectivity index (χ1n) is 8.87. The van der Waals surface area contributed by atoms with Crippen LogP contribution in [0.4, 0.5) is 0 Å². The van der Waals surface area contributed by atoms with Crippen LogP contribution >= 0.6 is 0 Å². The molecule has 0 aromatic rings. The summed E-state index contributed by atoms with van der Waals surface area (Å²) >= 11 is 0. The maximum absolute atomic E-state index is 12.6. The third-order valence-corrected chi connectivity index (χ3v) is 6.68. The van der Waals surface area contributed by atoms with Crippen molar-refractivity contribution in [2.24, 2.45) is 11.7 Å². The molecule has 2 aliphatic rings. The molecule has 0 aliphatic carbocycles.